The van der Waals surface area contributed by atoms with Crippen LogP contribution in [0.15, 0.2) is 43.0 Å². The lowest BCUT2D eigenvalue weighted by atomic mass is 10.1. The molecule has 4 heterocycles. The van der Waals surface area contributed by atoms with Gasteiger partial charge in [0.1, 0.15) is 17.6 Å². The first-order valence-corrected chi connectivity index (χ1v) is 7.56. The third kappa shape index (κ3) is 2.30. The Morgan fingerprint density at radius 2 is 2.18 bits per heavy atom. The predicted octanol–water partition coefficient (Wildman–Crippen LogP) is 1.69. The number of fused-ring (bicyclic) bond motifs is 1. The van der Waals surface area contributed by atoms with E-state index in [0.29, 0.717) is 0 Å². The molecule has 6 heteroatoms. The third-order valence-corrected chi connectivity index (χ3v) is 4.26. The zero-order valence-electron chi connectivity index (χ0n) is 12.5. The number of aromatic nitrogens is 4. The molecule has 3 aromatic heterocycles. The van der Waals surface area contributed by atoms with Crippen molar-refractivity contribution >= 4 is 5.65 Å². The molecule has 1 fully saturated rings. The fraction of sp³-hybridized carbons (Fsp3) is 0.375. The van der Waals surface area contributed by atoms with Gasteiger partial charge >= 0.3 is 0 Å². The second kappa shape index (κ2) is 5.55. The molecule has 0 aromatic carbocycles. The van der Waals surface area contributed by atoms with Crippen molar-refractivity contribution in [3.05, 3.63) is 54.5 Å². The minimum absolute atomic E-state index is 0.0157. The summed E-state index contributed by atoms with van der Waals surface area (Å²) in [5, 5.41) is 3.62. The Bertz CT molecular complexity index is 778. The van der Waals surface area contributed by atoms with Crippen LogP contribution in [0.1, 0.15) is 24.0 Å². The summed E-state index contributed by atoms with van der Waals surface area (Å²) in [4.78, 5) is 8.75. The average molecular weight is 297 g/mol. The van der Waals surface area contributed by atoms with E-state index >= 15 is 0 Å². The Morgan fingerprint density at radius 3 is 3.05 bits per heavy atom. The van der Waals surface area contributed by atoms with Crippen molar-refractivity contribution in [1.82, 2.24) is 24.3 Å². The summed E-state index contributed by atoms with van der Waals surface area (Å²) >= 11 is 0. The molecule has 22 heavy (non-hydrogen) atoms. The molecule has 0 spiro atoms. The van der Waals surface area contributed by atoms with Gasteiger partial charge in [0.2, 0.25) is 0 Å². The maximum atomic E-state index is 5.89. The first kappa shape index (κ1) is 13.5. The number of hydrogen-bond donors (Lipinski definition) is 1. The smallest absolute Gasteiger partial charge is 0.139 e. The van der Waals surface area contributed by atoms with Gasteiger partial charge in [-0.3, -0.25) is 0 Å². The monoisotopic (exact) mass is 297 g/mol. The SMILES string of the molecule is Cn1ccnc1[C@H]1OCC[C@@H]1NCc1cccc2nccn12. The summed E-state index contributed by atoms with van der Waals surface area (Å²) in [7, 11) is 2.01. The van der Waals surface area contributed by atoms with Gasteiger partial charge in [-0.2, -0.15) is 0 Å². The van der Waals surface area contributed by atoms with Crippen LogP contribution >= 0.6 is 0 Å². The van der Waals surface area contributed by atoms with Gasteiger partial charge in [0.25, 0.3) is 0 Å². The average Bonchev–Trinajstić information content (AvgIpc) is 3.24. The van der Waals surface area contributed by atoms with Crippen LogP contribution in [0.3, 0.4) is 0 Å². The van der Waals surface area contributed by atoms with Crippen LogP contribution in [0, 0.1) is 0 Å². The lowest BCUT2D eigenvalue weighted by Crippen LogP contribution is -2.32. The Kier molecular flexibility index (Phi) is 3.40. The van der Waals surface area contributed by atoms with Gasteiger partial charge < -0.3 is 19.0 Å². The number of ether oxygens (including phenoxy) is 1. The quantitative estimate of drug-likeness (QED) is 0.796. The van der Waals surface area contributed by atoms with Gasteiger partial charge in [-0.15, -0.1) is 0 Å². The molecular formula is C16H19N5O. The van der Waals surface area contributed by atoms with Crippen LogP contribution in [-0.4, -0.2) is 31.6 Å². The van der Waals surface area contributed by atoms with Crippen molar-refractivity contribution in [2.45, 2.75) is 25.1 Å². The fourth-order valence-corrected chi connectivity index (χ4v) is 3.09. The molecule has 114 valence electrons. The fourth-order valence-electron chi connectivity index (χ4n) is 3.09. The molecule has 0 amide bonds. The lowest BCUT2D eigenvalue weighted by Gasteiger charge is -2.20. The number of nitrogens with zero attached hydrogens (tertiary/aromatic N) is 4. The van der Waals surface area contributed by atoms with Crippen molar-refractivity contribution < 1.29 is 4.74 Å². The van der Waals surface area contributed by atoms with E-state index in [0.717, 1.165) is 31.0 Å². The van der Waals surface area contributed by atoms with E-state index in [1.807, 2.05) is 48.5 Å². The molecule has 0 unspecified atom stereocenters. The zero-order chi connectivity index (χ0) is 14.9. The highest BCUT2D eigenvalue weighted by atomic mass is 16.5. The highest BCUT2D eigenvalue weighted by molar-refractivity contribution is 5.39. The van der Waals surface area contributed by atoms with Crippen molar-refractivity contribution in [3.63, 3.8) is 0 Å². The standard InChI is InChI=1S/C16H19N5O/c1-20-8-6-18-16(20)15-13(5-10-22-15)19-11-12-3-2-4-14-17-7-9-21(12)14/h2-4,6-9,13,15,19H,5,10-11H2,1H3/t13-,15-/m0/s1. The highest BCUT2D eigenvalue weighted by Gasteiger charge is 2.32. The highest BCUT2D eigenvalue weighted by Crippen LogP contribution is 2.28. The van der Waals surface area contributed by atoms with Gasteiger partial charge in [0, 0.05) is 56.7 Å². The minimum Gasteiger partial charge on any atom is -0.369 e. The van der Waals surface area contributed by atoms with E-state index < -0.39 is 0 Å². The van der Waals surface area contributed by atoms with Crippen LogP contribution in [0.2, 0.25) is 0 Å². The molecule has 1 aliphatic heterocycles. The largest absolute Gasteiger partial charge is 0.369 e. The predicted molar refractivity (Wildman–Crippen MR) is 82.3 cm³/mol. The summed E-state index contributed by atoms with van der Waals surface area (Å²) in [6, 6.07) is 6.45. The van der Waals surface area contributed by atoms with Crippen LogP contribution in [-0.2, 0) is 18.3 Å². The van der Waals surface area contributed by atoms with Crippen LogP contribution in [0.5, 0.6) is 0 Å². The molecular weight excluding hydrogens is 278 g/mol. The number of pyridine rings is 1. The van der Waals surface area contributed by atoms with Gasteiger partial charge in [0.15, 0.2) is 0 Å². The summed E-state index contributed by atoms with van der Waals surface area (Å²) in [5.41, 5.74) is 2.17. The normalized spacial score (nSPS) is 21.7. The Balaban J connectivity index is 1.51. The maximum absolute atomic E-state index is 5.89. The second-order valence-electron chi connectivity index (χ2n) is 5.64. The molecule has 1 saturated heterocycles. The Labute approximate surface area is 128 Å². The van der Waals surface area contributed by atoms with E-state index in [2.05, 4.69) is 25.8 Å². The summed E-state index contributed by atoms with van der Waals surface area (Å²) in [6.45, 7) is 1.55. The van der Waals surface area contributed by atoms with Crippen molar-refractivity contribution in [2.24, 2.45) is 7.05 Å². The van der Waals surface area contributed by atoms with Crippen molar-refractivity contribution in [3.8, 4) is 0 Å². The zero-order valence-corrected chi connectivity index (χ0v) is 12.5. The van der Waals surface area contributed by atoms with E-state index in [-0.39, 0.29) is 12.1 Å². The molecule has 1 aliphatic rings. The van der Waals surface area contributed by atoms with Crippen molar-refractivity contribution in [2.75, 3.05) is 6.61 Å². The van der Waals surface area contributed by atoms with E-state index in [1.165, 1.54) is 5.69 Å². The molecule has 0 bridgehead atoms. The third-order valence-electron chi connectivity index (χ3n) is 4.26. The van der Waals surface area contributed by atoms with Crippen LogP contribution in [0.25, 0.3) is 5.65 Å². The number of imidazole rings is 2. The molecule has 6 nitrogen and oxygen atoms in total. The first-order chi connectivity index (χ1) is 10.8. The number of rotatable bonds is 4. The van der Waals surface area contributed by atoms with Gasteiger partial charge in [-0.05, 0) is 18.6 Å². The van der Waals surface area contributed by atoms with Crippen LogP contribution in [0.4, 0.5) is 0 Å². The van der Waals surface area contributed by atoms with Gasteiger partial charge in [-0.25, -0.2) is 9.97 Å². The number of nitrogens with one attached hydrogen (secondary N) is 1. The Hall–Kier alpha value is -2.18. The van der Waals surface area contributed by atoms with Gasteiger partial charge in [0.05, 0.1) is 0 Å². The molecule has 1 N–H and O–H groups in total. The van der Waals surface area contributed by atoms with E-state index in [4.69, 9.17) is 4.74 Å². The summed E-state index contributed by atoms with van der Waals surface area (Å²) < 4.78 is 10.0. The summed E-state index contributed by atoms with van der Waals surface area (Å²) in [5.74, 6) is 0.982. The second-order valence-corrected chi connectivity index (χ2v) is 5.64. The topological polar surface area (TPSA) is 56.4 Å². The molecule has 0 aliphatic carbocycles. The molecule has 2 atom stereocenters. The molecule has 0 radical (unpaired) electrons. The van der Waals surface area contributed by atoms with E-state index in [9.17, 15) is 0 Å². The minimum atomic E-state index is 0.0157. The molecule has 0 saturated carbocycles. The molecule has 3 aromatic rings. The van der Waals surface area contributed by atoms with E-state index in [1.54, 1.807) is 0 Å². The van der Waals surface area contributed by atoms with Gasteiger partial charge in [-0.1, -0.05) is 6.07 Å². The summed E-state index contributed by atoms with van der Waals surface area (Å²) in [6.07, 6.45) is 8.61. The first-order valence-electron chi connectivity index (χ1n) is 7.56. The number of aryl methyl sites for hydroxylation is 1. The molecule has 4 rings (SSSR count). The number of hydrogen-bond acceptors (Lipinski definition) is 4. The van der Waals surface area contributed by atoms with Crippen molar-refractivity contribution in [1.29, 1.82) is 0 Å². The Morgan fingerprint density at radius 1 is 1.27 bits per heavy atom. The lowest BCUT2D eigenvalue weighted by molar-refractivity contribution is 0.0892. The van der Waals surface area contributed by atoms with Crippen LogP contribution < -0.4 is 5.32 Å². The maximum Gasteiger partial charge on any atom is 0.139 e.